The Morgan fingerprint density at radius 1 is 0.771 bits per heavy atom. The summed E-state index contributed by atoms with van der Waals surface area (Å²) < 4.78 is 50.0. The van der Waals surface area contributed by atoms with Crippen LogP contribution >= 0.6 is 0 Å². The first-order chi connectivity index (χ1) is 17.0. The van der Waals surface area contributed by atoms with Crippen LogP contribution in [0.25, 0.3) is 11.1 Å². The highest BCUT2D eigenvalue weighted by atomic mass is 19.1. The lowest BCUT2D eigenvalue weighted by molar-refractivity contribution is 0.116. The van der Waals surface area contributed by atoms with E-state index < -0.39 is 23.2 Å². The maximum atomic E-state index is 15.2. The van der Waals surface area contributed by atoms with Crippen LogP contribution in [-0.2, 0) is 6.61 Å². The maximum Gasteiger partial charge on any atom is 0.191 e. The van der Waals surface area contributed by atoms with E-state index in [1.807, 2.05) is 36.4 Å². The first-order valence-corrected chi connectivity index (χ1v) is 13.0. The fourth-order valence-corrected chi connectivity index (χ4v) is 6.26. The molecule has 2 saturated carbocycles. The number of halogens is 3. The Morgan fingerprint density at radius 3 is 2.20 bits per heavy atom. The highest BCUT2D eigenvalue weighted by Gasteiger charge is 2.35. The predicted octanol–water partition coefficient (Wildman–Crippen LogP) is 9.06. The van der Waals surface area contributed by atoms with Gasteiger partial charge in [-0.15, -0.1) is 0 Å². The summed E-state index contributed by atoms with van der Waals surface area (Å²) >= 11 is 0. The minimum atomic E-state index is -0.833. The third-order valence-electron chi connectivity index (χ3n) is 8.30. The Balaban J connectivity index is 1.29. The van der Waals surface area contributed by atoms with Gasteiger partial charge in [0.05, 0.1) is 0 Å². The SMILES string of the molecule is CCC1CCC2CC(c3ccc(-c4cc(F)c(OCc5ccccc5)c(F)c4)c(F)c3)CCC2C1. The van der Waals surface area contributed by atoms with Crippen LogP contribution in [0, 0.1) is 35.2 Å². The lowest BCUT2D eigenvalue weighted by atomic mass is 9.63. The quantitative estimate of drug-likeness (QED) is 0.343. The number of fused-ring (bicyclic) bond motifs is 1. The Kier molecular flexibility index (Phi) is 7.17. The average Bonchev–Trinajstić information content (AvgIpc) is 2.88. The van der Waals surface area contributed by atoms with E-state index in [0.717, 1.165) is 53.9 Å². The summed E-state index contributed by atoms with van der Waals surface area (Å²) in [4.78, 5) is 0. The molecule has 1 nitrogen and oxygen atoms in total. The predicted molar refractivity (Wildman–Crippen MR) is 134 cm³/mol. The van der Waals surface area contributed by atoms with Gasteiger partial charge >= 0.3 is 0 Å². The Morgan fingerprint density at radius 2 is 1.49 bits per heavy atom. The van der Waals surface area contributed by atoms with Gasteiger partial charge in [0.25, 0.3) is 0 Å². The molecule has 3 aromatic carbocycles. The van der Waals surface area contributed by atoms with Gasteiger partial charge < -0.3 is 4.74 Å². The molecule has 2 fully saturated rings. The summed E-state index contributed by atoms with van der Waals surface area (Å²) in [5.74, 6) is 0.260. The van der Waals surface area contributed by atoms with Crippen LogP contribution < -0.4 is 4.74 Å². The normalized spacial score (nSPS) is 24.1. The Hall–Kier alpha value is -2.75. The largest absolute Gasteiger partial charge is 0.483 e. The molecule has 4 heteroatoms. The zero-order valence-electron chi connectivity index (χ0n) is 20.3. The van der Waals surface area contributed by atoms with Crippen LogP contribution in [0.4, 0.5) is 13.2 Å². The summed E-state index contributed by atoms with van der Waals surface area (Å²) in [5.41, 5.74) is 2.20. The number of benzene rings is 3. The summed E-state index contributed by atoms with van der Waals surface area (Å²) in [6.07, 6.45) is 8.67. The molecule has 0 heterocycles. The lowest BCUT2D eigenvalue weighted by Gasteiger charge is -2.42. The molecule has 5 rings (SSSR count). The number of rotatable bonds is 6. The van der Waals surface area contributed by atoms with Crippen LogP contribution in [-0.4, -0.2) is 0 Å². The molecule has 2 aliphatic carbocycles. The zero-order chi connectivity index (χ0) is 24.4. The molecule has 0 amide bonds. The van der Waals surface area contributed by atoms with Crippen molar-refractivity contribution < 1.29 is 17.9 Å². The van der Waals surface area contributed by atoms with Crippen molar-refractivity contribution in [1.82, 2.24) is 0 Å². The molecule has 0 N–H and O–H groups in total. The van der Waals surface area contributed by atoms with Crippen molar-refractivity contribution in [3.05, 3.63) is 89.2 Å². The van der Waals surface area contributed by atoms with Gasteiger partial charge in [-0.3, -0.25) is 0 Å². The van der Waals surface area contributed by atoms with Gasteiger partial charge in [0.15, 0.2) is 17.4 Å². The molecule has 3 aromatic rings. The minimum Gasteiger partial charge on any atom is -0.483 e. The minimum absolute atomic E-state index is 0.0550. The van der Waals surface area contributed by atoms with Crippen molar-refractivity contribution in [2.24, 2.45) is 17.8 Å². The lowest BCUT2D eigenvalue weighted by Crippen LogP contribution is -2.30. The number of hydrogen-bond acceptors (Lipinski definition) is 1. The van der Waals surface area contributed by atoms with Crippen molar-refractivity contribution >= 4 is 0 Å². The molecule has 0 spiro atoms. The molecule has 0 saturated heterocycles. The van der Waals surface area contributed by atoms with Gasteiger partial charge in [0.1, 0.15) is 12.4 Å². The molecule has 4 atom stereocenters. The van der Waals surface area contributed by atoms with Crippen molar-refractivity contribution in [2.45, 2.75) is 64.4 Å². The van der Waals surface area contributed by atoms with Gasteiger partial charge in [-0.2, -0.15) is 0 Å². The molecule has 0 aliphatic heterocycles. The summed E-state index contributed by atoms with van der Waals surface area (Å²) in [7, 11) is 0. The second-order valence-corrected chi connectivity index (χ2v) is 10.4. The Bertz CT molecular complexity index is 1140. The Labute approximate surface area is 206 Å². The smallest absolute Gasteiger partial charge is 0.191 e. The second kappa shape index (κ2) is 10.5. The molecular formula is C31H33F3O. The fourth-order valence-electron chi connectivity index (χ4n) is 6.26. The van der Waals surface area contributed by atoms with Crippen LogP contribution in [0.3, 0.4) is 0 Å². The van der Waals surface area contributed by atoms with Gasteiger partial charge in [-0.25, -0.2) is 13.2 Å². The number of hydrogen-bond donors (Lipinski definition) is 0. The average molecular weight is 479 g/mol. The van der Waals surface area contributed by atoms with Crippen molar-refractivity contribution in [1.29, 1.82) is 0 Å². The molecule has 2 aliphatic rings. The first kappa shape index (κ1) is 24.0. The topological polar surface area (TPSA) is 9.23 Å². The van der Waals surface area contributed by atoms with E-state index in [1.165, 1.54) is 32.1 Å². The van der Waals surface area contributed by atoms with Crippen LogP contribution in [0.15, 0.2) is 60.7 Å². The van der Waals surface area contributed by atoms with Crippen molar-refractivity contribution in [2.75, 3.05) is 0 Å². The van der Waals surface area contributed by atoms with Crippen molar-refractivity contribution in [3.63, 3.8) is 0 Å². The van der Waals surface area contributed by atoms with Crippen molar-refractivity contribution in [3.8, 4) is 16.9 Å². The third-order valence-corrected chi connectivity index (χ3v) is 8.30. The molecule has 35 heavy (non-hydrogen) atoms. The monoisotopic (exact) mass is 478 g/mol. The van der Waals surface area contributed by atoms with E-state index in [2.05, 4.69) is 6.92 Å². The molecule has 0 radical (unpaired) electrons. The van der Waals surface area contributed by atoms with E-state index >= 15 is 4.39 Å². The van der Waals surface area contributed by atoms with Crippen LogP contribution in [0.1, 0.15) is 68.9 Å². The molecule has 0 aromatic heterocycles. The molecule has 4 unspecified atom stereocenters. The summed E-state index contributed by atoms with van der Waals surface area (Å²) in [5, 5.41) is 0. The fraction of sp³-hybridized carbons (Fsp3) is 0.419. The van der Waals surface area contributed by atoms with Gasteiger partial charge in [-0.05, 0) is 90.7 Å². The van der Waals surface area contributed by atoms with Crippen LogP contribution in [0.5, 0.6) is 5.75 Å². The van der Waals surface area contributed by atoms with E-state index in [4.69, 9.17) is 4.74 Å². The summed E-state index contributed by atoms with van der Waals surface area (Å²) in [6.45, 7) is 2.35. The standard InChI is InChI=1S/C31H33F3O/c1-2-20-8-9-23-15-24(11-10-22(23)14-20)25-12-13-27(28(32)16-25)26-17-29(33)31(30(34)18-26)35-19-21-6-4-3-5-7-21/h3-7,12-13,16-18,20,22-24H,2,8-11,14-15,19H2,1H3. The highest BCUT2D eigenvalue weighted by molar-refractivity contribution is 5.66. The van der Waals surface area contributed by atoms with Crippen LogP contribution in [0.2, 0.25) is 0 Å². The van der Waals surface area contributed by atoms with Gasteiger partial charge in [0.2, 0.25) is 0 Å². The first-order valence-electron chi connectivity index (χ1n) is 13.0. The number of ether oxygens (including phenoxy) is 1. The molecule has 0 bridgehead atoms. The summed E-state index contributed by atoms with van der Waals surface area (Å²) in [6, 6.07) is 16.7. The highest BCUT2D eigenvalue weighted by Crippen LogP contribution is 2.48. The van der Waals surface area contributed by atoms with E-state index in [1.54, 1.807) is 12.1 Å². The maximum absolute atomic E-state index is 15.2. The van der Waals surface area contributed by atoms with E-state index in [0.29, 0.717) is 5.92 Å². The molecule has 184 valence electrons. The molecular weight excluding hydrogens is 445 g/mol. The van der Waals surface area contributed by atoms with E-state index in [-0.39, 0.29) is 17.7 Å². The van der Waals surface area contributed by atoms with E-state index in [9.17, 15) is 8.78 Å². The third kappa shape index (κ3) is 5.27. The van der Waals surface area contributed by atoms with Gasteiger partial charge in [0, 0.05) is 5.56 Å². The van der Waals surface area contributed by atoms with Gasteiger partial charge in [-0.1, -0.05) is 62.2 Å². The zero-order valence-corrected chi connectivity index (χ0v) is 20.3. The second-order valence-electron chi connectivity index (χ2n) is 10.4.